The Morgan fingerprint density at radius 2 is 1.97 bits per heavy atom. The van der Waals surface area contributed by atoms with Gasteiger partial charge in [0, 0.05) is 36.6 Å². The summed E-state index contributed by atoms with van der Waals surface area (Å²) in [5, 5.41) is 13.7. The molecule has 0 bridgehead atoms. The van der Waals surface area contributed by atoms with Crippen molar-refractivity contribution in [3.63, 3.8) is 0 Å². The quantitative estimate of drug-likeness (QED) is 0.557. The minimum Gasteiger partial charge on any atom is -0.457 e. The number of benzene rings is 1. The number of carbonyl (C=O) groups excluding carboxylic acids is 1. The summed E-state index contributed by atoms with van der Waals surface area (Å²) < 4.78 is 32.6. The van der Waals surface area contributed by atoms with Gasteiger partial charge in [-0.05, 0) is 31.0 Å². The molecule has 2 N–H and O–H groups in total. The Morgan fingerprint density at radius 3 is 2.68 bits per heavy atom. The van der Waals surface area contributed by atoms with E-state index in [0.717, 1.165) is 22.3 Å². The molecule has 162 valence electrons. The number of hydrogen-bond donors (Lipinski definition) is 2. The molecule has 4 rings (SSSR count). The standard InChI is InChI=1S/C21H21F2N5O3/c1-11-14(3-4-15-16(11)9-31-20(15)30)17(29)8-24-5-13-6-25-21(26-7-13)28-10-27-12(2)18(28)19(22)23/h3-4,6-7,10,17,19,24,29H,5,8-9H2,1-2H3/t17-/m0/s1. The Morgan fingerprint density at radius 1 is 1.23 bits per heavy atom. The second-order valence-electron chi connectivity index (χ2n) is 7.31. The number of ether oxygens (including phenoxy) is 1. The van der Waals surface area contributed by atoms with Crippen LogP contribution >= 0.6 is 0 Å². The molecule has 3 aromatic rings. The van der Waals surface area contributed by atoms with E-state index in [4.69, 9.17) is 4.74 Å². The number of aryl methyl sites for hydroxylation is 1. The van der Waals surface area contributed by atoms with Crippen LogP contribution in [0.1, 0.15) is 56.5 Å². The molecule has 1 aromatic carbocycles. The van der Waals surface area contributed by atoms with Crippen LogP contribution < -0.4 is 5.32 Å². The monoisotopic (exact) mass is 429 g/mol. The molecule has 3 heterocycles. The molecule has 0 spiro atoms. The fraction of sp³-hybridized carbons (Fsp3) is 0.333. The maximum atomic E-state index is 13.2. The van der Waals surface area contributed by atoms with Gasteiger partial charge in [0.25, 0.3) is 6.43 Å². The van der Waals surface area contributed by atoms with Crippen LogP contribution in [0.2, 0.25) is 0 Å². The zero-order chi connectivity index (χ0) is 22.1. The maximum absolute atomic E-state index is 13.2. The second kappa shape index (κ2) is 8.48. The Hall–Kier alpha value is -3.24. The van der Waals surface area contributed by atoms with E-state index in [0.29, 0.717) is 12.1 Å². The van der Waals surface area contributed by atoms with Gasteiger partial charge in [-0.2, -0.15) is 0 Å². The summed E-state index contributed by atoms with van der Waals surface area (Å²) in [5.41, 5.74) is 3.66. The summed E-state index contributed by atoms with van der Waals surface area (Å²) in [6.45, 7) is 4.24. The summed E-state index contributed by atoms with van der Waals surface area (Å²) in [6.07, 6.45) is 0.897. The third-order valence-corrected chi connectivity index (χ3v) is 5.34. The fourth-order valence-electron chi connectivity index (χ4n) is 3.62. The zero-order valence-electron chi connectivity index (χ0n) is 17.0. The highest BCUT2D eigenvalue weighted by Crippen LogP contribution is 2.29. The molecule has 0 saturated heterocycles. The van der Waals surface area contributed by atoms with Crippen LogP contribution in [0.3, 0.4) is 0 Å². The van der Waals surface area contributed by atoms with Gasteiger partial charge in [0.2, 0.25) is 5.95 Å². The Bertz CT molecular complexity index is 1110. The second-order valence-corrected chi connectivity index (χ2v) is 7.31. The molecule has 0 radical (unpaired) electrons. The van der Waals surface area contributed by atoms with Gasteiger partial charge in [0.1, 0.15) is 18.6 Å². The molecule has 1 aliphatic heterocycles. The predicted octanol–water partition coefficient (Wildman–Crippen LogP) is 2.71. The van der Waals surface area contributed by atoms with Crippen molar-refractivity contribution in [2.45, 2.75) is 39.5 Å². The van der Waals surface area contributed by atoms with Gasteiger partial charge < -0.3 is 15.2 Å². The van der Waals surface area contributed by atoms with Gasteiger partial charge in [0.15, 0.2) is 0 Å². The molecular formula is C21H21F2N5O3. The molecule has 31 heavy (non-hydrogen) atoms. The SMILES string of the molecule is Cc1ncn(-c2ncc(CNC[C@H](O)c3ccc4c(c3C)COC4=O)cn2)c1C(F)F. The number of aliphatic hydroxyl groups is 1. The summed E-state index contributed by atoms with van der Waals surface area (Å²) >= 11 is 0. The summed E-state index contributed by atoms with van der Waals surface area (Å²) in [6, 6.07) is 3.41. The van der Waals surface area contributed by atoms with Crippen molar-refractivity contribution < 1.29 is 23.4 Å². The van der Waals surface area contributed by atoms with E-state index in [-0.39, 0.29) is 36.5 Å². The highest BCUT2D eigenvalue weighted by molar-refractivity contribution is 5.93. The van der Waals surface area contributed by atoms with Crippen molar-refractivity contribution in [1.82, 2.24) is 24.8 Å². The number of alkyl halides is 2. The number of halogens is 2. The van der Waals surface area contributed by atoms with Crippen LogP contribution in [0, 0.1) is 13.8 Å². The maximum Gasteiger partial charge on any atom is 0.338 e. The lowest BCUT2D eigenvalue weighted by atomic mass is 9.95. The van der Waals surface area contributed by atoms with Crippen molar-refractivity contribution in [2.75, 3.05) is 6.54 Å². The number of aromatic nitrogens is 4. The minimum absolute atomic E-state index is 0.116. The number of esters is 1. The lowest BCUT2D eigenvalue weighted by Gasteiger charge is -2.16. The normalized spacial score (nSPS) is 14.1. The van der Waals surface area contributed by atoms with Crippen LogP contribution in [-0.4, -0.2) is 37.1 Å². The lowest BCUT2D eigenvalue weighted by Crippen LogP contribution is -2.22. The van der Waals surface area contributed by atoms with E-state index in [9.17, 15) is 18.7 Å². The topological polar surface area (TPSA) is 102 Å². The number of imidazole rings is 1. The first-order chi connectivity index (χ1) is 14.9. The molecule has 1 atom stereocenters. The number of carbonyl (C=O) groups is 1. The first kappa shape index (κ1) is 21.0. The third kappa shape index (κ3) is 4.04. The van der Waals surface area contributed by atoms with Gasteiger partial charge in [-0.25, -0.2) is 28.5 Å². The van der Waals surface area contributed by atoms with Crippen LogP contribution in [-0.2, 0) is 17.9 Å². The van der Waals surface area contributed by atoms with Crippen LogP contribution in [0.4, 0.5) is 8.78 Å². The van der Waals surface area contributed by atoms with Crippen molar-refractivity contribution in [3.05, 3.63) is 70.1 Å². The van der Waals surface area contributed by atoms with Crippen molar-refractivity contribution >= 4 is 5.97 Å². The van der Waals surface area contributed by atoms with Crippen molar-refractivity contribution in [1.29, 1.82) is 0 Å². The number of fused-ring (bicyclic) bond motifs is 1. The number of nitrogens with zero attached hydrogens (tertiary/aromatic N) is 4. The fourth-order valence-corrected chi connectivity index (χ4v) is 3.62. The Balaban J connectivity index is 1.38. The zero-order valence-corrected chi connectivity index (χ0v) is 17.0. The van der Waals surface area contributed by atoms with E-state index in [1.807, 2.05) is 6.92 Å². The molecule has 2 aromatic heterocycles. The molecule has 10 heteroatoms. The average molecular weight is 429 g/mol. The first-order valence-corrected chi connectivity index (χ1v) is 9.68. The van der Waals surface area contributed by atoms with Gasteiger partial charge >= 0.3 is 5.97 Å². The van der Waals surface area contributed by atoms with E-state index in [2.05, 4.69) is 20.3 Å². The first-order valence-electron chi connectivity index (χ1n) is 9.68. The number of hydrogen-bond acceptors (Lipinski definition) is 7. The molecule has 0 amide bonds. The van der Waals surface area contributed by atoms with Gasteiger partial charge in [-0.15, -0.1) is 0 Å². The summed E-state index contributed by atoms with van der Waals surface area (Å²) in [7, 11) is 0. The van der Waals surface area contributed by atoms with E-state index in [1.165, 1.54) is 30.2 Å². The van der Waals surface area contributed by atoms with E-state index < -0.39 is 12.5 Å². The van der Waals surface area contributed by atoms with E-state index >= 15 is 0 Å². The minimum atomic E-state index is -2.68. The highest BCUT2D eigenvalue weighted by Gasteiger charge is 2.25. The van der Waals surface area contributed by atoms with E-state index in [1.54, 1.807) is 12.1 Å². The number of aliphatic hydroxyl groups excluding tert-OH is 1. The summed E-state index contributed by atoms with van der Waals surface area (Å²) in [4.78, 5) is 23.9. The Labute approximate surface area is 176 Å². The molecule has 0 unspecified atom stereocenters. The van der Waals surface area contributed by atoms with Crippen molar-refractivity contribution in [3.8, 4) is 5.95 Å². The lowest BCUT2D eigenvalue weighted by molar-refractivity contribution is 0.0535. The summed E-state index contributed by atoms with van der Waals surface area (Å²) in [5.74, 6) is -0.225. The third-order valence-electron chi connectivity index (χ3n) is 5.34. The van der Waals surface area contributed by atoms with Gasteiger partial charge in [-0.3, -0.25) is 4.57 Å². The predicted molar refractivity (Wildman–Crippen MR) is 106 cm³/mol. The molecule has 0 saturated carbocycles. The largest absolute Gasteiger partial charge is 0.457 e. The average Bonchev–Trinajstić information content (AvgIpc) is 3.32. The number of rotatable bonds is 7. The highest BCUT2D eigenvalue weighted by atomic mass is 19.3. The van der Waals surface area contributed by atoms with Gasteiger partial charge in [0.05, 0.1) is 17.4 Å². The van der Waals surface area contributed by atoms with Crippen LogP contribution in [0.5, 0.6) is 0 Å². The van der Waals surface area contributed by atoms with Crippen LogP contribution in [0.25, 0.3) is 5.95 Å². The Kier molecular flexibility index (Phi) is 5.75. The van der Waals surface area contributed by atoms with Crippen molar-refractivity contribution in [2.24, 2.45) is 0 Å². The molecule has 8 nitrogen and oxygen atoms in total. The molecule has 0 fully saturated rings. The number of nitrogens with one attached hydrogen (secondary N) is 1. The smallest absolute Gasteiger partial charge is 0.338 e. The molecule has 0 aliphatic carbocycles. The number of cyclic esters (lactones) is 1. The van der Waals surface area contributed by atoms with Crippen LogP contribution in [0.15, 0.2) is 30.9 Å². The molecular weight excluding hydrogens is 408 g/mol. The van der Waals surface area contributed by atoms with Gasteiger partial charge in [-0.1, -0.05) is 6.07 Å². The molecule has 1 aliphatic rings.